The fourth-order valence-electron chi connectivity index (χ4n) is 3.38. The van der Waals surface area contributed by atoms with Gasteiger partial charge in [-0.2, -0.15) is 0 Å². The molecule has 1 N–H and O–H groups in total. The van der Waals surface area contributed by atoms with E-state index in [4.69, 9.17) is 20.6 Å². The molecule has 0 fully saturated rings. The van der Waals surface area contributed by atoms with Crippen LogP contribution < -0.4 is 14.8 Å². The van der Waals surface area contributed by atoms with Crippen LogP contribution in [0.1, 0.15) is 5.56 Å². The van der Waals surface area contributed by atoms with Crippen LogP contribution in [-0.4, -0.2) is 51.4 Å². The molecule has 2 aromatic heterocycles. The molecule has 0 aliphatic heterocycles. The number of aromatic nitrogens is 4. The highest BCUT2D eigenvalue weighted by atomic mass is 16.6. The van der Waals surface area contributed by atoms with Crippen molar-refractivity contribution >= 4 is 28.4 Å². The molecule has 0 amide bonds. The zero-order valence-corrected chi connectivity index (χ0v) is 18.9. The van der Waals surface area contributed by atoms with Crippen molar-refractivity contribution in [2.45, 2.75) is 6.54 Å². The Bertz CT molecular complexity index is 1380. The van der Waals surface area contributed by atoms with Gasteiger partial charge in [-0.3, -0.25) is 0 Å². The van der Waals surface area contributed by atoms with Gasteiger partial charge in [0.2, 0.25) is 0 Å². The van der Waals surface area contributed by atoms with Crippen LogP contribution in [0.3, 0.4) is 0 Å². The highest BCUT2D eigenvalue weighted by molar-refractivity contribution is 5.93. The van der Waals surface area contributed by atoms with Crippen molar-refractivity contribution in [3.8, 4) is 23.8 Å². The van der Waals surface area contributed by atoms with Gasteiger partial charge in [0.1, 0.15) is 31.1 Å². The standard InChI is InChI=1S/C24H22N6O5/c1-3-17-5-4-6-18(13-17)28-23-19-14-21(33-2)22(15-20(19)26-16-27-23)35-12-11-34-10-9-29-8-7-25-24(29)30(31)32/h1,4-8,13-16H,9-12H2,2H3,(H,26,27,28). The minimum atomic E-state index is -0.534. The third-order valence-corrected chi connectivity index (χ3v) is 5.03. The van der Waals surface area contributed by atoms with Gasteiger partial charge in [0, 0.05) is 22.7 Å². The van der Waals surface area contributed by atoms with Crippen molar-refractivity contribution in [3.63, 3.8) is 0 Å². The van der Waals surface area contributed by atoms with E-state index >= 15 is 0 Å². The highest BCUT2D eigenvalue weighted by Gasteiger charge is 2.14. The molecule has 0 saturated carbocycles. The third-order valence-electron chi connectivity index (χ3n) is 5.03. The van der Waals surface area contributed by atoms with Crippen LogP contribution in [0.2, 0.25) is 0 Å². The molecule has 0 unspecified atom stereocenters. The number of terminal acetylenes is 1. The Morgan fingerprint density at radius 1 is 1.14 bits per heavy atom. The number of hydrogen-bond donors (Lipinski definition) is 1. The summed E-state index contributed by atoms with van der Waals surface area (Å²) < 4.78 is 18.3. The molecule has 4 rings (SSSR count). The maximum absolute atomic E-state index is 10.9. The van der Waals surface area contributed by atoms with Gasteiger partial charge in [0.05, 0.1) is 32.4 Å². The summed E-state index contributed by atoms with van der Waals surface area (Å²) in [6.45, 7) is 1.12. The summed E-state index contributed by atoms with van der Waals surface area (Å²) in [4.78, 5) is 22.8. The van der Waals surface area contributed by atoms with Crippen molar-refractivity contribution in [2.75, 3.05) is 32.2 Å². The molecule has 0 aliphatic carbocycles. The number of nitro groups is 1. The van der Waals surface area contributed by atoms with E-state index in [0.717, 1.165) is 16.6 Å². The summed E-state index contributed by atoms with van der Waals surface area (Å²) in [7, 11) is 1.55. The lowest BCUT2D eigenvalue weighted by Crippen LogP contribution is -2.12. The Kier molecular flexibility index (Phi) is 7.34. The number of fused-ring (bicyclic) bond motifs is 1. The lowest BCUT2D eigenvalue weighted by molar-refractivity contribution is -0.396. The van der Waals surface area contributed by atoms with Crippen molar-refractivity contribution in [3.05, 3.63) is 70.8 Å². The van der Waals surface area contributed by atoms with Gasteiger partial charge in [0.25, 0.3) is 0 Å². The number of benzene rings is 2. The molecular formula is C24H22N6O5. The number of nitrogens with zero attached hydrogens (tertiary/aromatic N) is 5. The van der Waals surface area contributed by atoms with Crippen molar-refractivity contribution in [1.82, 2.24) is 19.5 Å². The number of methoxy groups -OCH3 is 1. The summed E-state index contributed by atoms with van der Waals surface area (Å²) in [5.74, 6) is 4.02. The number of rotatable bonds is 11. The van der Waals surface area contributed by atoms with Gasteiger partial charge in [-0.05, 0) is 29.2 Å². The first-order valence-corrected chi connectivity index (χ1v) is 10.6. The lowest BCUT2D eigenvalue weighted by Gasteiger charge is -2.14. The minimum absolute atomic E-state index is 0.217. The first-order valence-electron chi connectivity index (χ1n) is 10.6. The molecule has 0 atom stereocenters. The van der Waals surface area contributed by atoms with Gasteiger partial charge in [-0.25, -0.2) is 14.5 Å². The predicted octanol–water partition coefficient (Wildman–Crippen LogP) is 3.56. The van der Waals surface area contributed by atoms with Gasteiger partial charge >= 0.3 is 5.95 Å². The Morgan fingerprint density at radius 2 is 2.03 bits per heavy atom. The van der Waals surface area contributed by atoms with Gasteiger partial charge in [0.15, 0.2) is 11.5 Å². The molecule has 2 aromatic carbocycles. The second-order valence-corrected chi connectivity index (χ2v) is 7.23. The van der Waals surface area contributed by atoms with E-state index < -0.39 is 4.92 Å². The molecule has 178 valence electrons. The zero-order valence-electron chi connectivity index (χ0n) is 18.9. The fraction of sp³-hybridized carbons (Fsp3) is 0.208. The molecule has 0 aliphatic rings. The Morgan fingerprint density at radius 3 is 2.83 bits per heavy atom. The van der Waals surface area contributed by atoms with Crippen LogP contribution in [0.25, 0.3) is 10.9 Å². The van der Waals surface area contributed by atoms with Crippen LogP contribution in [0, 0.1) is 22.5 Å². The number of imidazole rings is 1. The Hall–Kier alpha value is -4.69. The average Bonchev–Trinajstić information content (AvgIpc) is 3.35. The molecule has 35 heavy (non-hydrogen) atoms. The van der Waals surface area contributed by atoms with E-state index in [1.54, 1.807) is 19.2 Å². The summed E-state index contributed by atoms with van der Waals surface area (Å²) in [6.07, 6.45) is 9.87. The van der Waals surface area contributed by atoms with Gasteiger partial charge < -0.3 is 29.6 Å². The van der Waals surface area contributed by atoms with Crippen LogP contribution in [-0.2, 0) is 11.3 Å². The molecular weight excluding hydrogens is 452 g/mol. The first-order chi connectivity index (χ1) is 17.1. The number of nitrogens with one attached hydrogen (secondary N) is 1. The SMILES string of the molecule is C#Cc1cccc(Nc2ncnc3cc(OCCOCCn4ccnc4[N+](=O)[O-])c(OC)cc23)c1. The quantitative estimate of drug-likeness (QED) is 0.150. The summed E-state index contributed by atoms with van der Waals surface area (Å²) >= 11 is 0. The largest absolute Gasteiger partial charge is 0.493 e. The fourth-order valence-corrected chi connectivity index (χ4v) is 3.38. The molecule has 11 heteroatoms. The highest BCUT2D eigenvalue weighted by Crippen LogP contribution is 2.34. The topological polar surface area (TPSA) is 126 Å². The summed E-state index contributed by atoms with van der Waals surface area (Å²) in [6, 6.07) is 11.0. The molecule has 11 nitrogen and oxygen atoms in total. The van der Waals surface area contributed by atoms with E-state index in [1.165, 1.54) is 23.3 Å². The molecule has 0 radical (unpaired) electrons. The van der Waals surface area contributed by atoms with Crippen LogP contribution in [0.15, 0.2) is 55.1 Å². The van der Waals surface area contributed by atoms with E-state index in [1.807, 2.05) is 24.3 Å². The maximum Gasteiger partial charge on any atom is 0.434 e. The molecule has 4 aromatic rings. The van der Waals surface area contributed by atoms with Crippen LogP contribution >= 0.6 is 0 Å². The van der Waals surface area contributed by atoms with Crippen molar-refractivity contribution in [2.24, 2.45) is 0 Å². The second kappa shape index (κ2) is 11.0. The van der Waals surface area contributed by atoms with E-state index in [2.05, 4.69) is 26.2 Å². The summed E-state index contributed by atoms with van der Waals surface area (Å²) in [5, 5.41) is 14.9. The zero-order chi connectivity index (χ0) is 24.6. The first kappa shape index (κ1) is 23.5. The number of hydrogen-bond acceptors (Lipinski definition) is 9. The lowest BCUT2D eigenvalue weighted by atomic mass is 10.2. The molecule has 0 spiro atoms. The molecule has 0 bridgehead atoms. The summed E-state index contributed by atoms with van der Waals surface area (Å²) in [5.41, 5.74) is 2.23. The van der Waals surface area contributed by atoms with Crippen molar-refractivity contribution < 1.29 is 19.1 Å². The minimum Gasteiger partial charge on any atom is -0.493 e. The maximum atomic E-state index is 10.9. The predicted molar refractivity (Wildman–Crippen MR) is 129 cm³/mol. The van der Waals surface area contributed by atoms with E-state index in [-0.39, 0.29) is 25.8 Å². The number of anilines is 2. The second-order valence-electron chi connectivity index (χ2n) is 7.23. The van der Waals surface area contributed by atoms with Gasteiger partial charge in [-0.1, -0.05) is 17.0 Å². The molecule has 0 saturated heterocycles. The van der Waals surface area contributed by atoms with Crippen LogP contribution in [0.4, 0.5) is 17.5 Å². The van der Waals surface area contributed by atoms with Crippen molar-refractivity contribution in [1.29, 1.82) is 0 Å². The van der Waals surface area contributed by atoms with E-state index in [9.17, 15) is 10.1 Å². The van der Waals surface area contributed by atoms with E-state index in [0.29, 0.717) is 29.4 Å². The monoisotopic (exact) mass is 474 g/mol. The Balaban J connectivity index is 1.39. The third kappa shape index (κ3) is 5.63. The Labute approximate surface area is 200 Å². The number of ether oxygens (including phenoxy) is 3. The molecule has 2 heterocycles. The normalized spacial score (nSPS) is 10.6. The smallest absolute Gasteiger partial charge is 0.434 e. The van der Waals surface area contributed by atoms with Gasteiger partial charge in [-0.15, -0.1) is 6.42 Å². The average molecular weight is 474 g/mol. The van der Waals surface area contributed by atoms with Crippen LogP contribution in [0.5, 0.6) is 11.5 Å².